The van der Waals surface area contributed by atoms with Gasteiger partial charge in [-0.2, -0.15) is 0 Å². The summed E-state index contributed by atoms with van der Waals surface area (Å²) in [5.41, 5.74) is 1.63. The summed E-state index contributed by atoms with van der Waals surface area (Å²) in [7, 11) is -3.84. The van der Waals surface area contributed by atoms with E-state index in [9.17, 15) is 13.2 Å². The lowest BCUT2D eigenvalue weighted by molar-refractivity contribution is 0.0322. The summed E-state index contributed by atoms with van der Waals surface area (Å²) < 4.78 is 28.1. The van der Waals surface area contributed by atoms with Crippen LogP contribution in [0.2, 0.25) is 0 Å². The van der Waals surface area contributed by atoms with Crippen LogP contribution in [0.4, 0.5) is 0 Å². The van der Waals surface area contributed by atoms with Gasteiger partial charge < -0.3 is 4.74 Å². The number of primary sulfonamides is 1. The fourth-order valence-corrected chi connectivity index (χ4v) is 2.54. The molecule has 0 aliphatic rings. The molecule has 0 heterocycles. The molecule has 0 aromatic heterocycles. The molecule has 0 radical (unpaired) electrons. The zero-order valence-corrected chi connectivity index (χ0v) is 13.1. The van der Waals surface area contributed by atoms with Crippen LogP contribution in [0.3, 0.4) is 0 Å². The summed E-state index contributed by atoms with van der Waals surface area (Å²) in [6.45, 7) is 7.30. The number of carbonyl (C=O) groups excluding carboxylic acids is 1. The Morgan fingerprint density at radius 3 is 2.45 bits per heavy atom. The molecule has 1 unspecified atom stereocenters. The molecule has 0 aliphatic heterocycles. The van der Waals surface area contributed by atoms with E-state index in [0.717, 1.165) is 12.8 Å². The number of carbonyl (C=O) groups is 1. The number of hydrogen-bond acceptors (Lipinski definition) is 4. The number of aryl methyl sites for hydroxylation is 1. The highest BCUT2D eigenvalue weighted by atomic mass is 32.2. The van der Waals surface area contributed by atoms with Crippen molar-refractivity contribution in [2.24, 2.45) is 5.14 Å². The standard InChI is InChI=1S/C14H21NO4S/c1-5-6-10(3)19-14(16)13-8-12(20(15,17)18)7-9(2)11(13)4/h7-8,10H,5-6H2,1-4H3,(H2,15,17,18). The summed E-state index contributed by atoms with van der Waals surface area (Å²) in [6, 6.07) is 2.73. The van der Waals surface area contributed by atoms with Gasteiger partial charge in [0.1, 0.15) is 0 Å². The van der Waals surface area contributed by atoms with Crippen LogP contribution < -0.4 is 5.14 Å². The molecule has 0 bridgehead atoms. The molecule has 0 saturated heterocycles. The first-order valence-corrected chi connectivity index (χ1v) is 8.06. The minimum Gasteiger partial charge on any atom is -0.459 e. The monoisotopic (exact) mass is 299 g/mol. The number of esters is 1. The zero-order chi connectivity index (χ0) is 15.5. The molecule has 112 valence electrons. The van der Waals surface area contributed by atoms with E-state index in [-0.39, 0.29) is 16.6 Å². The minimum absolute atomic E-state index is 0.0734. The first-order chi connectivity index (χ1) is 9.16. The lowest BCUT2D eigenvalue weighted by atomic mass is 10.0. The Kier molecular flexibility index (Phi) is 5.30. The summed E-state index contributed by atoms with van der Waals surface area (Å²) in [5.74, 6) is -0.517. The number of hydrogen-bond donors (Lipinski definition) is 1. The Morgan fingerprint density at radius 1 is 1.35 bits per heavy atom. The Hall–Kier alpha value is -1.40. The predicted octanol–water partition coefficient (Wildman–Crippen LogP) is 2.30. The van der Waals surface area contributed by atoms with E-state index in [4.69, 9.17) is 9.88 Å². The molecule has 0 aliphatic carbocycles. The molecule has 0 saturated carbocycles. The van der Waals surface area contributed by atoms with Crippen molar-refractivity contribution in [2.75, 3.05) is 0 Å². The molecule has 1 aromatic rings. The molecule has 1 aromatic carbocycles. The fraction of sp³-hybridized carbons (Fsp3) is 0.500. The summed E-state index contributed by atoms with van der Waals surface area (Å²) >= 11 is 0. The van der Waals surface area contributed by atoms with Crippen molar-refractivity contribution in [2.45, 2.75) is 51.5 Å². The number of sulfonamides is 1. The third-order valence-electron chi connectivity index (χ3n) is 3.19. The van der Waals surface area contributed by atoms with Gasteiger partial charge in [0.05, 0.1) is 16.6 Å². The van der Waals surface area contributed by atoms with Gasteiger partial charge in [0.25, 0.3) is 0 Å². The third-order valence-corrected chi connectivity index (χ3v) is 4.09. The SMILES string of the molecule is CCCC(C)OC(=O)c1cc(S(N)(=O)=O)cc(C)c1C. The van der Waals surface area contributed by atoms with Crippen LogP contribution in [0.1, 0.15) is 48.2 Å². The molecule has 20 heavy (non-hydrogen) atoms. The fourth-order valence-electron chi connectivity index (χ4n) is 1.91. The maximum absolute atomic E-state index is 12.1. The summed E-state index contributed by atoms with van der Waals surface area (Å²) in [6.07, 6.45) is 1.47. The summed E-state index contributed by atoms with van der Waals surface area (Å²) in [4.78, 5) is 12.1. The second-order valence-electron chi connectivity index (χ2n) is 4.96. The molecule has 0 amide bonds. The van der Waals surface area contributed by atoms with Crippen molar-refractivity contribution in [1.82, 2.24) is 0 Å². The van der Waals surface area contributed by atoms with Gasteiger partial charge in [0.15, 0.2) is 0 Å². The minimum atomic E-state index is -3.84. The molecule has 0 fully saturated rings. The quantitative estimate of drug-likeness (QED) is 0.845. The van der Waals surface area contributed by atoms with Crippen LogP contribution in [0, 0.1) is 13.8 Å². The molecule has 2 N–H and O–H groups in total. The summed E-state index contributed by atoms with van der Waals surface area (Å²) in [5, 5.41) is 5.11. The Labute approximate surface area is 120 Å². The third kappa shape index (κ3) is 4.05. The predicted molar refractivity (Wildman–Crippen MR) is 77.1 cm³/mol. The van der Waals surface area contributed by atoms with Crippen molar-refractivity contribution >= 4 is 16.0 Å². The normalized spacial score (nSPS) is 13.1. The molecule has 1 atom stereocenters. The highest BCUT2D eigenvalue weighted by molar-refractivity contribution is 7.89. The second-order valence-corrected chi connectivity index (χ2v) is 6.52. The molecule has 5 nitrogen and oxygen atoms in total. The van der Waals surface area contributed by atoms with Crippen LogP contribution in [0.25, 0.3) is 0 Å². The van der Waals surface area contributed by atoms with Gasteiger partial charge in [-0.15, -0.1) is 0 Å². The lowest BCUT2D eigenvalue weighted by Crippen LogP contribution is -2.18. The van der Waals surface area contributed by atoms with Crippen molar-refractivity contribution in [1.29, 1.82) is 0 Å². The van der Waals surface area contributed by atoms with Gasteiger partial charge in [-0.05, 0) is 50.5 Å². The number of rotatable bonds is 5. The molecular weight excluding hydrogens is 278 g/mol. The van der Waals surface area contributed by atoms with Gasteiger partial charge in [-0.25, -0.2) is 18.4 Å². The highest BCUT2D eigenvalue weighted by Crippen LogP contribution is 2.20. The van der Waals surface area contributed by atoms with Crippen LogP contribution in [0.5, 0.6) is 0 Å². The molecule has 0 spiro atoms. The van der Waals surface area contributed by atoms with Gasteiger partial charge in [0, 0.05) is 0 Å². The van der Waals surface area contributed by atoms with Gasteiger partial charge >= 0.3 is 5.97 Å². The van der Waals surface area contributed by atoms with E-state index in [1.54, 1.807) is 13.8 Å². The number of benzene rings is 1. The largest absolute Gasteiger partial charge is 0.459 e. The lowest BCUT2D eigenvalue weighted by Gasteiger charge is -2.15. The van der Waals surface area contributed by atoms with Crippen molar-refractivity contribution in [3.05, 3.63) is 28.8 Å². The maximum atomic E-state index is 12.1. The first kappa shape index (κ1) is 16.7. The molecule has 1 rings (SSSR count). The average molecular weight is 299 g/mol. The van der Waals surface area contributed by atoms with E-state index in [1.807, 2.05) is 13.8 Å². The Balaban J connectivity index is 3.17. The van der Waals surface area contributed by atoms with Gasteiger partial charge in [-0.3, -0.25) is 0 Å². The van der Waals surface area contributed by atoms with Crippen LogP contribution >= 0.6 is 0 Å². The van der Waals surface area contributed by atoms with Gasteiger partial charge in [-0.1, -0.05) is 13.3 Å². The smallest absolute Gasteiger partial charge is 0.338 e. The number of nitrogens with two attached hydrogens (primary N) is 1. The van der Waals surface area contributed by atoms with Crippen molar-refractivity contribution in [3.63, 3.8) is 0 Å². The van der Waals surface area contributed by atoms with E-state index < -0.39 is 16.0 Å². The van der Waals surface area contributed by atoms with E-state index in [2.05, 4.69) is 0 Å². The maximum Gasteiger partial charge on any atom is 0.338 e. The second kappa shape index (κ2) is 6.37. The zero-order valence-electron chi connectivity index (χ0n) is 12.3. The van der Waals surface area contributed by atoms with E-state index in [1.165, 1.54) is 12.1 Å². The van der Waals surface area contributed by atoms with Crippen molar-refractivity contribution < 1.29 is 17.9 Å². The topological polar surface area (TPSA) is 86.5 Å². The van der Waals surface area contributed by atoms with Crippen LogP contribution in [-0.4, -0.2) is 20.5 Å². The van der Waals surface area contributed by atoms with Crippen molar-refractivity contribution in [3.8, 4) is 0 Å². The Morgan fingerprint density at radius 2 is 1.95 bits per heavy atom. The van der Waals surface area contributed by atoms with Crippen LogP contribution in [-0.2, 0) is 14.8 Å². The number of ether oxygens (including phenoxy) is 1. The van der Waals surface area contributed by atoms with Gasteiger partial charge in [0.2, 0.25) is 10.0 Å². The Bertz CT molecular complexity index is 608. The molecule has 6 heteroatoms. The van der Waals surface area contributed by atoms with E-state index >= 15 is 0 Å². The van der Waals surface area contributed by atoms with Crippen LogP contribution in [0.15, 0.2) is 17.0 Å². The first-order valence-electron chi connectivity index (χ1n) is 6.51. The molecular formula is C14H21NO4S. The van der Waals surface area contributed by atoms with E-state index in [0.29, 0.717) is 11.1 Å². The highest BCUT2D eigenvalue weighted by Gasteiger charge is 2.19. The average Bonchev–Trinajstić information content (AvgIpc) is 2.31.